The van der Waals surface area contributed by atoms with E-state index in [9.17, 15) is 14.4 Å². The number of hydrogen-bond donors (Lipinski definition) is 0. The Morgan fingerprint density at radius 1 is 0.951 bits per heavy atom. The Hall–Kier alpha value is -4.04. The first-order chi connectivity index (χ1) is 19.9. The van der Waals surface area contributed by atoms with Gasteiger partial charge in [0.15, 0.2) is 0 Å². The van der Waals surface area contributed by atoms with Gasteiger partial charge in [0.05, 0.1) is 13.0 Å². The van der Waals surface area contributed by atoms with Gasteiger partial charge in [-0.05, 0) is 42.5 Å². The number of anilines is 1. The number of rotatable bonds is 11. The molecule has 1 fully saturated rings. The number of ether oxygens (including phenoxy) is 1. The molecular formula is C33H40N4O4. The van der Waals surface area contributed by atoms with Gasteiger partial charge in [-0.15, -0.1) is 0 Å². The zero-order valence-electron chi connectivity index (χ0n) is 24.2. The topological polar surface area (TPSA) is 83.0 Å². The molecule has 0 spiro atoms. The van der Waals surface area contributed by atoms with E-state index in [-0.39, 0.29) is 24.2 Å². The zero-order chi connectivity index (χ0) is 29.2. The number of benzene rings is 2. The van der Waals surface area contributed by atoms with Crippen LogP contribution in [-0.2, 0) is 25.5 Å². The standard InChI is InChI=1S/C33H40N4O4/c1-4-30(38)37(29-17-11-12-21-34-29)33(32(40)41-3)19-23-36(24-20-33)25-28(27-15-9-6-10-16-27)31(39)35(2)22-18-26-13-7-5-8-14-26/h5-17,21,28H,4,18-20,22-25H2,1-3H3. The summed E-state index contributed by atoms with van der Waals surface area (Å²) in [4.78, 5) is 50.3. The quantitative estimate of drug-likeness (QED) is 0.327. The maximum atomic E-state index is 13.8. The van der Waals surface area contributed by atoms with E-state index in [2.05, 4.69) is 22.0 Å². The number of esters is 1. The summed E-state index contributed by atoms with van der Waals surface area (Å²) in [6.07, 6.45) is 3.39. The maximum absolute atomic E-state index is 13.8. The third-order valence-electron chi connectivity index (χ3n) is 8.00. The van der Waals surface area contributed by atoms with Gasteiger partial charge >= 0.3 is 5.97 Å². The fourth-order valence-electron chi connectivity index (χ4n) is 5.63. The summed E-state index contributed by atoms with van der Waals surface area (Å²) in [7, 11) is 3.22. The fourth-order valence-corrected chi connectivity index (χ4v) is 5.63. The Bertz CT molecular complexity index is 1280. The number of likely N-dealkylation sites (N-methyl/N-ethyl adjacent to an activating group) is 1. The number of amides is 2. The van der Waals surface area contributed by atoms with Crippen LogP contribution in [0.2, 0.25) is 0 Å². The van der Waals surface area contributed by atoms with E-state index in [4.69, 9.17) is 4.74 Å². The van der Waals surface area contributed by atoms with Gasteiger partial charge in [-0.2, -0.15) is 0 Å². The normalized spacial score (nSPS) is 15.5. The second kappa shape index (κ2) is 14.0. The molecule has 41 heavy (non-hydrogen) atoms. The summed E-state index contributed by atoms with van der Waals surface area (Å²) in [5.41, 5.74) is 0.994. The third-order valence-corrected chi connectivity index (χ3v) is 8.00. The van der Waals surface area contributed by atoms with E-state index < -0.39 is 11.5 Å². The smallest absolute Gasteiger partial charge is 0.332 e. The van der Waals surface area contributed by atoms with E-state index in [1.54, 1.807) is 25.3 Å². The average molecular weight is 557 g/mol. The maximum Gasteiger partial charge on any atom is 0.332 e. The van der Waals surface area contributed by atoms with Crippen LogP contribution in [-0.4, -0.2) is 78.4 Å². The van der Waals surface area contributed by atoms with Crippen molar-refractivity contribution in [1.82, 2.24) is 14.8 Å². The molecule has 1 aliphatic heterocycles. The van der Waals surface area contributed by atoms with E-state index in [0.717, 1.165) is 12.0 Å². The highest BCUT2D eigenvalue weighted by molar-refractivity contribution is 6.01. The second-order valence-corrected chi connectivity index (χ2v) is 10.6. The van der Waals surface area contributed by atoms with Gasteiger partial charge < -0.3 is 14.5 Å². The number of nitrogens with zero attached hydrogens (tertiary/aromatic N) is 4. The van der Waals surface area contributed by atoms with Crippen LogP contribution in [0.15, 0.2) is 85.1 Å². The highest BCUT2D eigenvalue weighted by Crippen LogP contribution is 2.35. The lowest BCUT2D eigenvalue weighted by molar-refractivity contribution is -0.151. The Morgan fingerprint density at radius 3 is 2.17 bits per heavy atom. The summed E-state index contributed by atoms with van der Waals surface area (Å²) < 4.78 is 5.27. The molecule has 8 nitrogen and oxygen atoms in total. The number of hydrogen-bond acceptors (Lipinski definition) is 6. The SMILES string of the molecule is CCC(=O)N(c1ccccn1)C1(C(=O)OC)CCN(CC(C(=O)N(C)CCc2ccccc2)c2ccccc2)CC1. The van der Waals surface area contributed by atoms with Gasteiger partial charge in [0.2, 0.25) is 11.8 Å². The van der Waals surface area contributed by atoms with Crippen LogP contribution in [0.25, 0.3) is 0 Å². The number of pyridine rings is 1. The highest BCUT2D eigenvalue weighted by atomic mass is 16.5. The Kier molecular flexibility index (Phi) is 10.2. The summed E-state index contributed by atoms with van der Waals surface area (Å²) in [6.45, 7) is 3.97. The van der Waals surface area contributed by atoms with Crippen LogP contribution >= 0.6 is 0 Å². The molecule has 2 aromatic carbocycles. The lowest BCUT2D eigenvalue weighted by Crippen LogP contribution is -2.63. The molecule has 8 heteroatoms. The van der Waals surface area contributed by atoms with Gasteiger partial charge in [0, 0.05) is 45.8 Å². The lowest BCUT2D eigenvalue weighted by atomic mass is 9.84. The van der Waals surface area contributed by atoms with Crippen molar-refractivity contribution in [3.05, 3.63) is 96.2 Å². The molecule has 1 aromatic heterocycles. The Labute approximate surface area is 242 Å². The van der Waals surface area contributed by atoms with Crippen LogP contribution in [0, 0.1) is 0 Å². The molecule has 216 valence electrons. The van der Waals surface area contributed by atoms with Gasteiger partial charge in [-0.1, -0.05) is 73.7 Å². The average Bonchev–Trinajstić information content (AvgIpc) is 3.03. The third kappa shape index (κ3) is 7.00. The van der Waals surface area contributed by atoms with Crippen molar-refractivity contribution in [3.8, 4) is 0 Å². The van der Waals surface area contributed by atoms with E-state index in [1.165, 1.54) is 17.6 Å². The number of likely N-dealkylation sites (tertiary alicyclic amines) is 1. The molecule has 2 heterocycles. The lowest BCUT2D eigenvalue weighted by Gasteiger charge is -2.46. The molecule has 4 rings (SSSR count). The van der Waals surface area contributed by atoms with E-state index in [0.29, 0.717) is 44.8 Å². The molecule has 1 aliphatic rings. The first-order valence-corrected chi connectivity index (χ1v) is 14.3. The van der Waals surface area contributed by atoms with Crippen molar-refractivity contribution in [2.75, 3.05) is 45.2 Å². The molecular weight excluding hydrogens is 516 g/mol. The molecule has 0 N–H and O–H groups in total. The summed E-state index contributed by atoms with van der Waals surface area (Å²) in [5, 5.41) is 0. The molecule has 0 aliphatic carbocycles. The zero-order valence-corrected chi connectivity index (χ0v) is 24.2. The van der Waals surface area contributed by atoms with Crippen molar-refractivity contribution in [2.24, 2.45) is 0 Å². The minimum absolute atomic E-state index is 0.0632. The monoisotopic (exact) mass is 556 g/mol. The molecule has 0 bridgehead atoms. The Morgan fingerprint density at radius 2 is 1.59 bits per heavy atom. The minimum atomic E-state index is -1.16. The first kappa shape index (κ1) is 29.9. The molecule has 1 atom stereocenters. The molecule has 3 aromatic rings. The minimum Gasteiger partial charge on any atom is -0.467 e. The molecule has 2 amide bonds. The number of piperidine rings is 1. The number of methoxy groups -OCH3 is 1. The molecule has 1 saturated heterocycles. The van der Waals surface area contributed by atoms with Crippen LogP contribution in [0.3, 0.4) is 0 Å². The van der Waals surface area contributed by atoms with Crippen molar-refractivity contribution in [3.63, 3.8) is 0 Å². The molecule has 0 saturated carbocycles. The Balaban J connectivity index is 1.53. The van der Waals surface area contributed by atoms with Crippen LogP contribution in [0.4, 0.5) is 5.82 Å². The van der Waals surface area contributed by atoms with Crippen molar-refractivity contribution < 1.29 is 19.1 Å². The van der Waals surface area contributed by atoms with Crippen LogP contribution in [0.5, 0.6) is 0 Å². The number of carbonyl (C=O) groups is 3. The van der Waals surface area contributed by atoms with Crippen molar-refractivity contribution in [2.45, 2.75) is 44.1 Å². The second-order valence-electron chi connectivity index (χ2n) is 10.6. The first-order valence-electron chi connectivity index (χ1n) is 14.3. The molecule has 1 unspecified atom stereocenters. The number of aromatic nitrogens is 1. The molecule has 0 radical (unpaired) electrons. The van der Waals surface area contributed by atoms with Crippen LogP contribution in [0.1, 0.15) is 43.2 Å². The van der Waals surface area contributed by atoms with Gasteiger partial charge in [0.1, 0.15) is 11.4 Å². The van der Waals surface area contributed by atoms with Crippen LogP contribution < -0.4 is 4.90 Å². The summed E-state index contributed by atoms with van der Waals surface area (Å²) >= 11 is 0. The van der Waals surface area contributed by atoms with Crippen molar-refractivity contribution in [1.29, 1.82) is 0 Å². The summed E-state index contributed by atoms with van der Waals surface area (Å²) in [5.74, 6) is -0.476. The van der Waals surface area contributed by atoms with Gasteiger partial charge in [-0.3, -0.25) is 14.5 Å². The van der Waals surface area contributed by atoms with Gasteiger partial charge in [-0.25, -0.2) is 9.78 Å². The highest BCUT2D eigenvalue weighted by Gasteiger charge is 2.50. The van der Waals surface area contributed by atoms with E-state index in [1.807, 2.05) is 66.5 Å². The van der Waals surface area contributed by atoms with Crippen molar-refractivity contribution >= 4 is 23.6 Å². The predicted octanol–water partition coefficient (Wildman–Crippen LogP) is 4.32. The number of carbonyl (C=O) groups excluding carboxylic acids is 3. The fraction of sp³-hybridized carbons (Fsp3) is 0.394. The van der Waals surface area contributed by atoms with Gasteiger partial charge in [0.25, 0.3) is 0 Å². The summed E-state index contributed by atoms with van der Waals surface area (Å²) in [6, 6.07) is 25.4. The predicted molar refractivity (Wildman–Crippen MR) is 159 cm³/mol. The van der Waals surface area contributed by atoms with E-state index >= 15 is 0 Å². The largest absolute Gasteiger partial charge is 0.467 e.